The summed E-state index contributed by atoms with van der Waals surface area (Å²) >= 11 is 0. The Hall–Kier alpha value is -1.12. The van der Waals surface area contributed by atoms with E-state index in [-0.39, 0.29) is 5.48 Å². The van der Waals surface area contributed by atoms with Crippen molar-refractivity contribution in [1.82, 2.24) is 0 Å². The van der Waals surface area contributed by atoms with Crippen LogP contribution in [0.5, 0.6) is 0 Å². The number of hydrogen-bond acceptors (Lipinski definition) is 6. The van der Waals surface area contributed by atoms with Crippen LogP contribution in [0.2, 0.25) is 0 Å². The Labute approximate surface area is 165 Å². The first kappa shape index (κ1) is 34.5. The predicted octanol–water partition coefficient (Wildman–Crippen LogP) is 2.26. The van der Waals surface area contributed by atoms with E-state index in [1.807, 2.05) is 0 Å². The molecule has 0 saturated heterocycles. The molecule has 0 heterocycles. The first-order valence-corrected chi connectivity index (χ1v) is 7.29. The van der Waals surface area contributed by atoms with E-state index < -0.39 is 75.5 Å². The zero-order chi connectivity index (χ0) is 24.6. The number of ether oxygens (including phenoxy) is 2. The minimum Gasteiger partial charge on any atom is -0.412 e. The summed E-state index contributed by atoms with van der Waals surface area (Å²) in [4.78, 5) is 0. The fourth-order valence-electron chi connectivity index (χ4n) is 1.35. The van der Waals surface area contributed by atoms with E-state index in [9.17, 15) is 52.7 Å². The molecule has 4 atom stereocenters. The van der Waals surface area contributed by atoms with E-state index in [0.29, 0.717) is 0 Å². The third-order valence-corrected chi connectivity index (χ3v) is 2.25. The molecule has 0 rings (SSSR count). The van der Waals surface area contributed by atoms with Gasteiger partial charge in [0.05, 0.1) is 25.7 Å². The topological polar surface area (TPSA) is 131 Å². The number of alkyl halides is 12. The van der Waals surface area contributed by atoms with Gasteiger partial charge in [0, 0.05) is 0 Å². The van der Waals surface area contributed by atoms with E-state index in [4.69, 9.17) is 20.4 Å². The Morgan fingerprint density at radius 2 is 0.548 bits per heavy atom. The minimum absolute atomic E-state index is 0. The van der Waals surface area contributed by atoms with Crippen molar-refractivity contribution >= 4 is 0 Å². The molecule has 6 N–H and O–H groups in total. The Bertz CT molecular complexity index is 381. The lowest BCUT2D eigenvalue weighted by atomic mass is 10.4. The van der Waals surface area contributed by atoms with Gasteiger partial charge in [0.15, 0.2) is 25.2 Å². The molecule has 31 heavy (non-hydrogen) atoms. The summed E-state index contributed by atoms with van der Waals surface area (Å²) in [5.74, 6) is 0. The molecule has 4 unspecified atom stereocenters. The third-order valence-electron chi connectivity index (χ3n) is 2.25. The van der Waals surface area contributed by atoms with Crippen molar-refractivity contribution in [2.75, 3.05) is 0 Å². The molecule has 0 fully saturated rings. The van der Waals surface area contributed by atoms with Crippen LogP contribution in [0.4, 0.5) is 52.7 Å². The number of rotatable bonds is 8. The summed E-state index contributed by atoms with van der Waals surface area (Å²) in [6.07, 6.45) is -36.5. The van der Waals surface area contributed by atoms with Gasteiger partial charge in [-0.1, -0.05) is 0 Å². The van der Waals surface area contributed by atoms with Crippen LogP contribution >= 0.6 is 0 Å². The molecule has 0 spiro atoms. The Morgan fingerprint density at radius 1 is 0.419 bits per heavy atom. The molecule has 0 aliphatic rings. The van der Waals surface area contributed by atoms with Crippen molar-refractivity contribution in [3.05, 3.63) is 0 Å². The van der Waals surface area contributed by atoms with Crippen LogP contribution in [0, 0.1) is 0 Å². The van der Waals surface area contributed by atoms with Gasteiger partial charge >= 0.3 is 24.7 Å². The Kier molecular flexibility index (Phi) is 14.9. The maximum absolute atomic E-state index is 11.6. The van der Waals surface area contributed by atoms with Gasteiger partial charge in [0.1, 0.15) is 0 Å². The fraction of sp³-hybridized carbons (Fsp3) is 1.00. The maximum atomic E-state index is 11.6. The SMILES string of the molecule is O.OC(CC(F)(F)F)OC(O)CC(F)(F)F.OC(CC(F)(F)F)OC(O)CC(F)(F)F. The normalized spacial score (nSPS) is 17.0. The van der Waals surface area contributed by atoms with E-state index in [2.05, 4.69) is 9.47 Å². The van der Waals surface area contributed by atoms with E-state index >= 15 is 0 Å². The monoisotopic (exact) mass is 502 g/mol. The number of halogens is 12. The van der Waals surface area contributed by atoms with Gasteiger partial charge in [-0.3, -0.25) is 0 Å². The van der Waals surface area contributed by atoms with Crippen LogP contribution in [0.25, 0.3) is 0 Å². The van der Waals surface area contributed by atoms with Crippen LogP contribution in [-0.2, 0) is 9.47 Å². The van der Waals surface area contributed by atoms with Crippen molar-refractivity contribution in [2.24, 2.45) is 0 Å². The van der Waals surface area contributed by atoms with Gasteiger partial charge in [-0.25, -0.2) is 0 Å². The summed E-state index contributed by atoms with van der Waals surface area (Å²) in [5, 5.41) is 33.9. The van der Waals surface area contributed by atoms with Crippen LogP contribution in [-0.4, -0.2) is 75.8 Å². The molecular weight excluding hydrogens is 484 g/mol. The van der Waals surface area contributed by atoms with Crippen molar-refractivity contribution in [3.63, 3.8) is 0 Å². The van der Waals surface area contributed by atoms with Crippen molar-refractivity contribution in [1.29, 1.82) is 0 Å². The van der Waals surface area contributed by atoms with E-state index in [0.717, 1.165) is 0 Å². The van der Waals surface area contributed by atoms with Gasteiger partial charge in [-0.2, -0.15) is 52.7 Å². The van der Waals surface area contributed by atoms with E-state index in [1.54, 1.807) is 0 Å². The average molecular weight is 502 g/mol. The van der Waals surface area contributed by atoms with Crippen molar-refractivity contribution in [2.45, 2.75) is 75.5 Å². The zero-order valence-electron chi connectivity index (χ0n) is 14.8. The highest BCUT2D eigenvalue weighted by atomic mass is 19.4. The molecule has 0 bridgehead atoms. The van der Waals surface area contributed by atoms with Gasteiger partial charge in [0.2, 0.25) is 0 Å². The highest BCUT2D eigenvalue weighted by Gasteiger charge is 2.37. The lowest BCUT2D eigenvalue weighted by Crippen LogP contribution is -2.30. The largest absolute Gasteiger partial charge is 0.412 e. The average Bonchev–Trinajstić information content (AvgIpc) is 2.27. The molecule has 0 aromatic carbocycles. The molecule has 192 valence electrons. The van der Waals surface area contributed by atoms with Gasteiger partial charge in [0.25, 0.3) is 0 Å². The number of hydrogen-bond donors (Lipinski definition) is 4. The van der Waals surface area contributed by atoms with Gasteiger partial charge in [-0.05, 0) is 0 Å². The molecule has 0 amide bonds. The zero-order valence-corrected chi connectivity index (χ0v) is 14.8. The summed E-state index contributed by atoms with van der Waals surface area (Å²) in [6.45, 7) is 0. The first-order valence-electron chi connectivity index (χ1n) is 7.29. The highest BCUT2D eigenvalue weighted by Crippen LogP contribution is 2.26. The highest BCUT2D eigenvalue weighted by molar-refractivity contribution is 4.58. The fourth-order valence-corrected chi connectivity index (χ4v) is 1.35. The van der Waals surface area contributed by atoms with Gasteiger partial charge < -0.3 is 35.4 Å². The van der Waals surface area contributed by atoms with Gasteiger partial charge in [-0.15, -0.1) is 0 Å². The maximum Gasteiger partial charge on any atom is 0.393 e. The summed E-state index contributed by atoms with van der Waals surface area (Å²) in [5.41, 5.74) is 0. The van der Waals surface area contributed by atoms with Crippen LogP contribution in [0.3, 0.4) is 0 Å². The smallest absolute Gasteiger partial charge is 0.393 e. The second-order valence-electron chi connectivity index (χ2n) is 5.37. The lowest BCUT2D eigenvalue weighted by molar-refractivity contribution is -0.275. The molecule has 19 heteroatoms. The molecule has 0 aliphatic heterocycles. The third kappa shape index (κ3) is 28.9. The lowest BCUT2D eigenvalue weighted by Gasteiger charge is -2.19. The standard InChI is InChI=1S/2C6H8F6O3.H2O/c2*7-5(8,9)1-3(13)15-4(14)2-6(10,11)12;/h2*3-4,13-14H,1-2H2;1H2. The molecule has 0 aliphatic carbocycles. The quantitative estimate of drug-likeness (QED) is 0.298. The summed E-state index contributed by atoms with van der Waals surface area (Å²) in [6, 6.07) is 0. The first-order chi connectivity index (χ1) is 13.0. The second kappa shape index (κ2) is 13.4. The summed E-state index contributed by atoms with van der Waals surface area (Å²) < 4.78 is 146. The molecule has 0 saturated carbocycles. The Balaban J connectivity index is -0.000000490. The number of aliphatic hydroxyl groups is 4. The predicted molar refractivity (Wildman–Crippen MR) is 72.5 cm³/mol. The minimum atomic E-state index is -4.78. The van der Waals surface area contributed by atoms with Crippen molar-refractivity contribution < 1.29 is 88.1 Å². The number of aliphatic hydroxyl groups excluding tert-OH is 4. The Morgan fingerprint density at radius 3 is 0.645 bits per heavy atom. The molecule has 7 nitrogen and oxygen atoms in total. The molecule has 0 aromatic heterocycles. The molecule has 0 aromatic rings. The second-order valence-corrected chi connectivity index (χ2v) is 5.37. The summed E-state index contributed by atoms with van der Waals surface area (Å²) in [7, 11) is 0. The van der Waals surface area contributed by atoms with Crippen LogP contribution in [0.15, 0.2) is 0 Å². The molecular formula is C12H18F12O7. The van der Waals surface area contributed by atoms with Crippen molar-refractivity contribution in [3.8, 4) is 0 Å². The van der Waals surface area contributed by atoms with E-state index in [1.165, 1.54) is 0 Å². The molecule has 0 radical (unpaired) electrons. The van der Waals surface area contributed by atoms with Crippen LogP contribution < -0.4 is 0 Å². The van der Waals surface area contributed by atoms with Crippen LogP contribution in [0.1, 0.15) is 25.7 Å².